The second kappa shape index (κ2) is 7.04. The second-order valence-corrected chi connectivity index (χ2v) is 9.68. The maximum absolute atomic E-state index is 13.4. The van der Waals surface area contributed by atoms with Crippen molar-refractivity contribution in [1.82, 2.24) is 19.9 Å². The van der Waals surface area contributed by atoms with E-state index in [4.69, 9.17) is 0 Å². The largest absolute Gasteiger partial charge is 0.348 e. The molecule has 1 atom stereocenters. The Morgan fingerprint density at radius 3 is 2.80 bits per heavy atom. The maximum atomic E-state index is 13.4. The molecule has 5 nitrogen and oxygen atoms in total. The lowest BCUT2D eigenvalue weighted by atomic mass is 10.0. The van der Waals surface area contributed by atoms with Gasteiger partial charge in [-0.15, -0.1) is 22.7 Å². The van der Waals surface area contributed by atoms with Crippen molar-refractivity contribution in [2.45, 2.75) is 18.9 Å². The number of rotatable bonds is 3. The zero-order chi connectivity index (χ0) is 20.1. The molecule has 0 aliphatic carbocycles. The Morgan fingerprint density at radius 1 is 1.10 bits per heavy atom. The Balaban J connectivity index is 1.37. The van der Waals surface area contributed by atoms with E-state index in [1.165, 1.54) is 10.1 Å². The molecule has 0 saturated heterocycles. The Hall–Kier alpha value is -3.03. The highest BCUT2D eigenvalue weighted by atomic mass is 32.1. The zero-order valence-electron chi connectivity index (χ0n) is 16.0. The fourth-order valence-corrected chi connectivity index (χ4v) is 6.34. The van der Waals surface area contributed by atoms with Crippen LogP contribution in [-0.2, 0) is 17.6 Å². The number of thiazole rings is 1. The van der Waals surface area contributed by atoms with Crippen LogP contribution in [0.15, 0.2) is 60.9 Å². The molecule has 7 heteroatoms. The topological polar surface area (TPSA) is 61.9 Å². The summed E-state index contributed by atoms with van der Waals surface area (Å²) in [5.74, 6) is 0.102. The first-order valence-corrected chi connectivity index (χ1v) is 11.5. The molecule has 148 valence electrons. The number of para-hydroxylation sites is 1. The number of carbonyl (C=O) groups is 1. The molecule has 1 aliphatic rings. The monoisotopic (exact) mass is 430 g/mol. The lowest BCUT2D eigenvalue weighted by Crippen LogP contribution is -2.41. The average molecular weight is 431 g/mol. The Bertz CT molecular complexity index is 1320. The molecule has 5 aromatic rings. The van der Waals surface area contributed by atoms with Crippen LogP contribution < -0.4 is 0 Å². The third kappa shape index (κ3) is 2.93. The van der Waals surface area contributed by atoms with Gasteiger partial charge < -0.3 is 9.88 Å². The summed E-state index contributed by atoms with van der Waals surface area (Å²) in [6, 6.07) is 18.4. The molecule has 6 rings (SSSR count). The molecule has 1 aliphatic heterocycles. The fraction of sp³-hybridized carbons (Fsp3) is 0.174. The van der Waals surface area contributed by atoms with Crippen molar-refractivity contribution in [2.75, 3.05) is 6.54 Å². The number of aromatic nitrogens is 3. The van der Waals surface area contributed by atoms with Gasteiger partial charge in [0, 0.05) is 28.2 Å². The number of thiophene rings is 1. The third-order valence-corrected chi connectivity index (χ3v) is 7.80. The van der Waals surface area contributed by atoms with Gasteiger partial charge in [0.05, 0.1) is 28.7 Å². The minimum absolute atomic E-state index is 0.102. The van der Waals surface area contributed by atoms with Crippen molar-refractivity contribution < 1.29 is 4.79 Å². The molecule has 0 saturated carbocycles. The lowest BCUT2D eigenvalue weighted by molar-refractivity contribution is -0.132. The quantitative estimate of drug-likeness (QED) is 0.440. The van der Waals surface area contributed by atoms with Crippen LogP contribution in [0.2, 0.25) is 0 Å². The molecule has 0 bridgehead atoms. The highest BCUT2D eigenvalue weighted by molar-refractivity contribution is 7.19. The first-order valence-electron chi connectivity index (χ1n) is 9.91. The molecule has 2 aromatic carbocycles. The number of hydrogen-bond acceptors (Lipinski definition) is 5. The van der Waals surface area contributed by atoms with Crippen LogP contribution in [0.4, 0.5) is 0 Å². The van der Waals surface area contributed by atoms with Gasteiger partial charge in [0.1, 0.15) is 11.0 Å². The number of aromatic amines is 1. The average Bonchev–Trinajstić information content (AvgIpc) is 3.49. The molecule has 4 heterocycles. The molecule has 0 spiro atoms. The summed E-state index contributed by atoms with van der Waals surface area (Å²) < 4.78 is 2.35. The van der Waals surface area contributed by atoms with E-state index < -0.39 is 0 Å². The van der Waals surface area contributed by atoms with Crippen molar-refractivity contribution in [3.63, 3.8) is 0 Å². The minimum atomic E-state index is -0.153. The van der Waals surface area contributed by atoms with Gasteiger partial charge in [0.15, 0.2) is 0 Å². The number of imidazole rings is 1. The van der Waals surface area contributed by atoms with Crippen molar-refractivity contribution in [1.29, 1.82) is 0 Å². The van der Waals surface area contributed by atoms with E-state index in [0.29, 0.717) is 13.0 Å². The smallest absolute Gasteiger partial charge is 0.230 e. The van der Waals surface area contributed by atoms with Crippen LogP contribution in [0.25, 0.3) is 20.3 Å². The molecular weight excluding hydrogens is 412 g/mol. The van der Waals surface area contributed by atoms with E-state index in [-0.39, 0.29) is 11.9 Å². The summed E-state index contributed by atoms with van der Waals surface area (Å²) in [6.07, 6.45) is 2.86. The van der Waals surface area contributed by atoms with Crippen LogP contribution >= 0.6 is 22.7 Å². The molecular formula is C23H18N4OS2. The van der Waals surface area contributed by atoms with Crippen LogP contribution in [0.5, 0.6) is 0 Å². The van der Waals surface area contributed by atoms with Crippen molar-refractivity contribution in [2.24, 2.45) is 0 Å². The summed E-state index contributed by atoms with van der Waals surface area (Å²) in [4.78, 5) is 29.1. The number of nitrogens with one attached hydrogen (secondary N) is 1. The van der Waals surface area contributed by atoms with Crippen LogP contribution in [0, 0.1) is 0 Å². The Morgan fingerprint density at radius 2 is 1.93 bits per heavy atom. The van der Waals surface area contributed by atoms with E-state index in [1.54, 1.807) is 29.0 Å². The third-order valence-electron chi connectivity index (χ3n) is 5.60. The van der Waals surface area contributed by atoms with Gasteiger partial charge >= 0.3 is 0 Å². The van der Waals surface area contributed by atoms with Gasteiger partial charge in [-0.2, -0.15) is 0 Å². The highest BCUT2D eigenvalue weighted by Crippen LogP contribution is 2.39. The normalized spacial score (nSPS) is 16.3. The van der Waals surface area contributed by atoms with E-state index in [9.17, 15) is 4.79 Å². The number of fused-ring (bicyclic) bond motifs is 3. The number of hydrogen-bond donors (Lipinski definition) is 1. The van der Waals surface area contributed by atoms with Crippen LogP contribution in [0.3, 0.4) is 0 Å². The van der Waals surface area contributed by atoms with Crippen molar-refractivity contribution in [3.05, 3.63) is 82.2 Å². The van der Waals surface area contributed by atoms with Gasteiger partial charge in [-0.3, -0.25) is 4.79 Å². The summed E-state index contributed by atoms with van der Waals surface area (Å²) in [5.41, 5.74) is 3.05. The van der Waals surface area contributed by atoms with Gasteiger partial charge in [0.25, 0.3) is 0 Å². The van der Waals surface area contributed by atoms with E-state index in [1.807, 2.05) is 23.1 Å². The van der Waals surface area contributed by atoms with Gasteiger partial charge in [0.2, 0.25) is 5.91 Å². The number of H-pyrrole nitrogens is 1. The summed E-state index contributed by atoms with van der Waals surface area (Å²) in [5, 5.41) is 2.07. The lowest BCUT2D eigenvalue weighted by Gasteiger charge is -2.34. The predicted octanol–water partition coefficient (Wildman–Crippen LogP) is 4.95. The Labute approximate surface area is 181 Å². The molecule has 1 N–H and O–H groups in total. The summed E-state index contributed by atoms with van der Waals surface area (Å²) >= 11 is 3.34. The van der Waals surface area contributed by atoms with E-state index in [0.717, 1.165) is 37.9 Å². The van der Waals surface area contributed by atoms with E-state index in [2.05, 4.69) is 51.4 Å². The van der Waals surface area contributed by atoms with Gasteiger partial charge in [-0.1, -0.05) is 30.3 Å². The van der Waals surface area contributed by atoms with Gasteiger partial charge in [-0.25, -0.2) is 9.97 Å². The van der Waals surface area contributed by atoms with E-state index >= 15 is 0 Å². The Kier molecular flexibility index (Phi) is 4.17. The predicted molar refractivity (Wildman–Crippen MR) is 121 cm³/mol. The first kappa shape index (κ1) is 17.8. The highest BCUT2D eigenvalue weighted by Gasteiger charge is 2.35. The number of nitrogens with zero attached hydrogens (tertiary/aromatic N) is 3. The maximum Gasteiger partial charge on any atom is 0.230 e. The molecule has 3 aromatic heterocycles. The van der Waals surface area contributed by atoms with Crippen LogP contribution in [0.1, 0.15) is 27.3 Å². The minimum Gasteiger partial charge on any atom is -0.348 e. The number of benzene rings is 2. The summed E-state index contributed by atoms with van der Waals surface area (Å²) in [6.45, 7) is 0.678. The number of amides is 1. The number of carbonyl (C=O) groups excluding carboxylic acids is 1. The van der Waals surface area contributed by atoms with Crippen molar-refractivity contribution in [3.8, 4) is 0 Å². The molecule has 0 fully saturated rings. The molecule has 30 heavy (non-hydrogen) atoms. The molecule has 0 unspecified atom stereocenters. The second-order valence-electron chi connectivity index (χ2n) is 7.44. The zero-order valence-corrected chi connectivity index (χ0v) is 17.7. The van der Waals surface area contributed by atoms with Crippen molar-refractivity contribution >= 4 is 48.9 Å². The molecule has 1 amide bonds. The fourth-order valence-electron chi connectivity index (χ4n) is 4.20. The van der Waals surface area contributed by atoms with Crippen LogP contribution in [-0.4, -0.2) is 32.3 Å². The molecule has 0 radical (unpaired) electrons. The SMILES string of the molecule is O=C(Cc1nc2ccccc2s1)N1CCc2[nH]cnc2[C@@H]1c1cc2ccccc2s1. The van der Waals surface area contributed by atoms with Gasteiger partial charge in [-0.05, 0) is 29.7 Å². The standard InChI is InChI=1S/C23H18N4OS2/c28-21(12-20-26-15-6-2-4-8-18(15)30-20)27-10-9-16-22(25-13-24-16)23(27)19-11-14-5-1-3-7-17(14)29-19/h1-8,11,13,23H,9-10,12H2,(H,24,25)/t23-/m0/s1. The summed E-state index contributed by atoms with van der Waals surface area (Å²) in [7, 11) is 0. The first-order chi connectivity index (χ1) is 14.8.